The van der Waals surface area contributed by atoms with Gasteiger partial charge in [0.25, 0.3) is 11.8 Å². The van der Waals surface area contributed by atoms with E-state index in [9.17, 15) is 9.59 Å². The lowest BCUT2D eigenvalue weighted by atomic mass is 10.1. The molecule has 2 amide bonds. The van der Waals surface area contributed by atoms with E-state index >= 15 is 0 Å². The summed E-state index contributed by atoms with van der Waals surface area (Å²) in [7, 11) is 0. The van der Waals surface area contributed by atoms with Gasteiger partial charge in [0.15, 0.2) is 0 Å². The number of rotatable bonds is 8. The van der Waals surface area contributed by atoms with Gasteiger partial charge in [-0.2, -0.15) is 0 Å². The molecule has 2 heterocycles. The van der Waals surface area contributed by atoms with Crippen LogP contribution in [0.4, 0.5) is 0 Å². The second-order valence-corrected chi connectivity index (χ2v) is 8.93. The van der Waals surface area contributed by atoms with Crippen molar-refractivity contribution in [3.05, 3.63) is 94.3 Å². The number of amides is 2. The van der Waals surface area contributed by atoms with Crippen molar-refractivity contribution in [3.8, 4) is 5.75 Å². The van der Waals surface area contributed by atoms with Crippen molar-refractivity contribution >= 4 is 29.1 Å². The highest BCUT2D eigenvalue weighted by Gasteiger charge is 2.39. The van der Waals surface area contributed by atoms with Gasteiger partial charge in [0.05, 0.1) is 35.1 Å². The molecule has 3 aromatic rings. The molecule has 32 heavy (non-hydrogen) atoms. The number of thioether (sulfide) groups is 1. The second-order valence-electron chi connectivity index (χ2n) is 7.95. The summed E-state index contributed by atoms with van der Waals surface area (Å²) in [4.78, 5) is 28.5. The van der Waals surface area contributed by atoms with Crippen LogP contribution in [-0.4, -0.2) is 22.8 Å². The smallest absolute Gasteiger partial charge is 0.268 e. The first-order valence-electron chi connectivity index (χ1n) is 10.5. The Labute approximate surface area is 192 Å². The molecule has 1 aliphatic heterocycles. The summed E-state index contributed by atoms with van der Waals surface area (Å²) in [5.74, 6) is 1.39. The van der Waals surface area contributed by atoms with Gasteiger partial charge in [-0.3, -0.25) is 14.5 Å². The van der Waals surface area contributed by atoms with Gasteiger partial charge in [0.1, 0.15) is 11.5 Å². The maximum Gasteiger partial charge on any atom is 0.268 e. The predicted molar refractivity (Wildman–Crippen MR) is 126 cm³/mol. The topological polar surface area (TPSA) is 59.8 Å². The molecule has 0 bridgehead atoms. The van der Waals surface area contributed by atoms with Crippen molar-refractivity contribution in [1.82, 2.24) is 4.90 Å². The van der Waals surface area contributed by atoms with E-state index in [0.717, 1.165) is 22.6 Å². The number of furan rings is 1. The van der Waals surface area contributed by atoms with Gasteiger partial charge in [0, 0.05) is 0 Å². The van der Waals surface area contributed by atoms with Crippen molar-refractivity contribution in [3.63, 3.8) is 0 Å². The molecule has 0 saturated heterocycles. The van der Waals surface area contributed by atoms with Gasteiger partial charge in [-0.1, -0.05) is 42.0 Å². The lowest BCUT2D eigenvalue weighted by molar-refractivity contribution is -0.137. The van der Waals surface area contributed by atoms with Crippen molar-refractivity contribution < 1.29 is 18.7 Å². The predicted octanol–water partition coefficient (Wildman–Crippen LogP) is 5.59. The standard InChI is InChI=1S/C26H25NO4S/c1-17(2)31-21-12-10-20(11-13-21)23-24(32-16-22-5-4-14-30-22)26(29)27(25(23)28)15-19-8-6-18(3)7-9-19/h4-14,17H,15-16H2,1-3H3. The van der Waals surface area contributed by atoms with Crippen molar-refractivity contribution in [1.29, 1.82) is 0 Å². The zero-order valence-corrected chi connectivity index (χ0v) is 19.1. The number of benzene rings is 2. The van der Waals surface area contributed by atoms with E-state index in [1.54, 1.807) is 6.26 Å². The first kappa shape index (κ1) is 22.0. The van der Waals surface area contributed by atoms with Crippen LogP contribution in [0.2, 0.25) is 0 Å². The fraction of sp³-hybridized carbons (Fsp3) is 0.231. The average molecular weight is 448 g/mol. The Morgan fingerprint density at radius 3 is 2.31 bits per heavy atom. The molecule has 4 rings (SSSR count). The molecule has 0 aliphatic carbocycles. The molecule has 0 spiro atoms. The zero-order valence-electron chi connectivity index (χ0n) is 18.3. The van der Waals surface area contributed by atoms with Gasteiger partial charge < -0.3 is 9.15 Å². The minimum absolute atomic E-state index is 0.0548. The molecule has 0 N–H and O–H groups in total. The van der Waals surface area contributed by atoms with E-state index in [1.165, 1.54) is 16.7 Å². The molecule has 1 aromatic heterocycles. The third-order valence-electron chi connectivity index (χ3n) is 5.04. The second kappa shape index (κ2) is 9.49. The molecule has 5 nitrogen and oxygen atoms in total. The Morgan fingerprint density at radius 2 is 1.69 bits per heavy atom. The molecule has 0 saturated carbocycles. The number of hydrogen-bond donors (Lipinski definition) is 0. The van der Waals surface area contributed by atoms with Crippen molar-refractivity contribution in [2.45, 2.75) is 39.2 Å². The van der Waals surface area contributed by atoms with Crippen LogP contribution in [0.3, 0.4) is 0 Å². The Kier molecular flexibility index (Phi) is 6.51. The van der Waals surface area contributed by atoms with Crippen LogP contribution >= 0.6 is 11.8 Å². The molecule has 0 unspecified atom stereocenters. The maximum absolute atomic E-state index is 13.4. The zero-order chi connectivity index (χ0) is 22.7. The Bertz CT molecular complexity index is 1130. The Balaban J connectivity index is 1.64. The minimum atomic E-state index is -0.282. The largest absolute Gasteiger partial charge is 0.491 e. The van der Waals surface area contributed by atoms with E-state index in [-0.39, 0.29) is 24.5 Å². The lowest BCUT2D eigenvalue weighted by Gasteiger charge is -2.15. The summed E-state index contributed by atoms with van der Waals surface area (Å²) in [6.07, 6.45) is 1.66. The summed E-state index contributed by atoms with van der Waals surface area (Å²) < 4.78 is 11.1. The monoisotopic (exact) mass is 447 g/mol. The first-order valence-corrected chi connectivity index (χ1v) is 11.5. The van der Waals surface area contributed by atoms with Gasteiger partial charge >= 0.3 is 0 Å². The van der Waals surface area contributed by atoms with Crippen LogP contribution in [0.25, 0.3) is 5.57 Å². The lowest BCUT2D eigenvalue weighted by Crippen LogP contribution is -2.30. The van der Waals surface area contributed by atoms with Crippen LogP contribution in [0.1, 0.15) is 36.3 Å². The molecule has 0 fully saturated rings. The van der Waals surface area contributed by atoms with Crippen LogP contribution < -0.4 is 4.74 Å². The summed E-state index contributed by atoms with van der Waals surface area (Å²) >= 11 is 1.33. The molecule has 0 atom stereocenters. The molecule has 6 heteroatoms. The summed E-state index contributed by atoms with van der Waals surface area (Å²) in [6, 6.07) is 18.9. The highest BCUT2D eigenvalue weighted by atomic mass is 32.2. The van der Waals surface area contributed by atoms with Gasteiger partial charge in [-0.15, -0.1) is 11.8 Å². The molecular weight excluding hydrogens is 422 g/mol. The number of imide groups is 1. The highest BCUT2D eigenvalue weighted by Crippen LogP contribution is 2.38. The van der Waals surface area contributed by atoms with Crippen LogP contribution in [0.5, 0.6) is 5.75 Å². The average Bonchev–Trinajstić information content (AvgIpc) is 3.36. The summed E-state index contributed by atoms with van der Waals surface area (Å²) in [5.41, 5.74) is 3.17. The van der Waals surface area contributed by atoms with Crippen molar-refractivity contribution in [2.24, 2.45) is 0 Å². The minimum Gasteiger partial charge on any atom is -0.491 e. The first-order chi connectivity index (χ1) is 15.4. The molecule has 0 radical (unpaired) electrons. The number of carbonyl (C=O) groups excluding carboxylic acids is 2. The Hall–Kier alpha value is -3.25. The number of hydrogen-bond acceptors (Lipinski definition) is 5. The number of carbonyl (C=O) groups is 2. The maximum atomic E-state index is 13.4. The Morgan fingerprint density at radius 1 is 0.969 bits per heavy atom. The van der Waals surface area contributed by atoms with E-state index in [1.807, 2.05) is 81.4 Å². The third-order valence-corrected chi connectivity index (χ3v) is 6.14. The summed E-state index contributed by atoms with van der Waals surface area (Å²) in [5, 5.41) is 0. The molecular formula is C26H25NO4S. The van der Waals surface area contributed by atoms with E-state index in [2.05, 4.69) is 0 Å². The number of nitrogens with zero attached hydrogens (tertiary/aromatic N) is 1. The van der Waals surface area contributed by atoms with Gasteiger partial charge in [0.2, 0.25) is 0 Å². The van der Waals surface area contributed by atoms with E-state index in [4.69, 9.17) is 9.15 Å². The quantitative estimate of drug-likeness (QED) is 0.421. The molecule has 1 aliphatic rings. The molecule has 164 valence electrons. The van der Waals surface area contributed by atoms with Crippen LogP contribution in [-0.2, 0) is 21.9 Å². The van der Waals surface area contributed by atoms with Crippen LogP contribution in [0.15, 0.2) is 76.2 Å². The fourth-order valence-corrected chi connectivity index (χ4v) is 4.51. The third kappa shape index (κ3) is 4.81. The molecule has 2 aromatic carbocycles. The van der Waals surface area contributed by atoms with E-state index in [0.29, 0.717) is 21.8 Å². The van der Waals surface area contributed by atoms with Crippen LogP contribution in [0, 0.1) is 6.92 Å². The summed E-state index contributed by atoms with van der Waals surface area (Å²) in [6.45, 7) is 6.16. The SMILES string of the molecule is Cc1ccc(CN2C(=O)C(SCc3ccco3)=C(c3ccc(OC(C)C)cc3)C2=O)cc1. The van der Waals surface area contributed by atoms with Gasteiger partial charge in [-0.05, 0) is 56.2 Å². The number of ether oxygens (including phenoxy) is 1. The number of aryl methyl sites for hydroxylation is 1. The highest BCUT2D eigenvalue weighted by molar-refractivity contribution is 8.03. The fourth-order valence-electron chi connectivity index (χ4n) is 3.47. The van der Waals surface area contributed by atoms with Gasteiger partial charge in [-0.25, -0.2) is 0 Å². The van der Waals surface area contributed by atoms with E-state index < -0.39 is 0 Å². The normalized spacial score (nSPS) is 14.1. The van der Waals surface area contributed by atoms with Crippen molar-refractivity contribution in [2.75, 3.05) is 0 Å².